The molecule has 1 N–H and O–H groups in total. The molecule has 0 radical (unpaired) electrons. The van der Waals surface area contributed by atoms with Gasteiger partial charge in [0.25, 0.3) is 0 Å². The minimum absolute atomic E-state index is 0.209. The molecular formula is C18H31NO2. The van der Waals surface area contributed by atoms with Gasteiger partial charge in [-0.15, -0.1) is 0 Å². The molecule has 120 valence electrons. The fourth-order valence-corrected chi connectivity index (χ4v) is 2.27. The number of rotatable bonds is 10. The summed E-state index contributed by atoms with van der Waals surface area (Å²) in [4.78, 5) is 0. The van der Waals surface area contributed by atoms with E-state index in [4.69, 9.17) is 9.47 Å². The van der Waals surface area contributed by atoms with Gasteiger partial charge in [0, 0.05) is 12.1 Å². The van der Waals surface area contributed by atoms with Gasteiger partial charge in [0.05, 0.1) is 12.7 Å². The van der Waals surface area contributed by atoms with Crippen LogP contribution in [0.1, 0.15) is 53.0 Å². The minimum Gasteiger partial charge on any atom is -0.490 e. The van der Waals surface area contributed by atoms with Crippen LogP contribution in [0.3, 0.4) is 0 Å². The van der Waals surface area contributed by atoms with Crippen molar-refractivity contribution in [1.29, 1.82) is 0 Å². The van der Waals surface area contributed by atoms with Gasteiger partial charge in [0.1, 0.15) is 0 Å². The third kappa shape index (κ3) is 6.38. The van der Waals surface area contributed by atoms with Gasteiger partial charge >= 0.3 is 0 Å². The maximum Gasteiger partial charge on any atom is 0.166 e. The van der Waals surface area contributed by atoms with Crippen molar-refractivity contribution in [3.05, 3.63) is 23.8 Å². The largest absolute Gasteiger partial charge is 0.490 e. The van der Waals surface area contributed by atoms with E-state index in [0.29, 0.717) is 12.5 Å². The Morgan fingerprint density at radius 3 is 2.52 bits per heavy atom. The summed E-state index contributed by atoms with van der Waals surface area (Å²) in [5.41, 5.74) is 1.17. The lowest BCUT2D eigenvalue weighted by Gasteiger charge is -2.20. The van der Waals surface area contributed by atoms with E-state index in [1.165, 1.54) is 5.56 Å². The molecule has 3 nitrogen and oxygen atoms in total. The van der Waals surface area contributed by atoms with Crippen LogP contribution in [0.4, 0.5) is 0 Å². The Balaban J connectivity index is 2.85. The van der Waals surface area contributed by atoms with Gasteiger partial charge in [-0.25, -0.2) is 0 Å². The quantitative estimate of drug-likeness (QED) is 0.693. The summed E-state index contributed by atoms with van der Waals surface area (Å²) >= 11 is 0. The van der Waals surface area contributed by atoms with Crippen molar-refractivity contribution >= 4 is 0 Å². The van der Waals surface area contributed by atoms with Crippen LogP contribution in [0, 0.1) is 5.92 Å². The fraction of sp³-hybridized carbons (Fsp3) is 0.667. The Hall–Kier alpha value is -1.22. The highest BCUT2D eigenvalue weighted by Gasteiger charge is 2.14. The van der Waals surface area contributed by atoms with Gasteiger partial charge in [-0.3, -0.25) is 0 Å². The summed E-state index contributed by atoms with van der Waals surface area (Å²) in [7, 11) is 0. The molecule has 0 saturated heterocycles. The average Bonchev–Trinajstić information content (AvgIpc) is 2.42. The van der Waals surface area contributed by atoms with Gasteiger partial charge in [-0.05, 0) is 38.8 Å². The second-order valence-corrected chi connectivity index (χ2v) is 5.92. The molecular weight excluding hydrogens is 262 g/mol. The Kier molecular flexibility index (Phi) is 8.21. The maximum atomic E-state index is 6.16. The molecule has 0 aliphatic heterocycles. The van der Waals surface area contributed by atoms with Crippen molar-refractivity contribution in [3.63, 3.8) is 0 Å². The number of ether oxygens (including phenoxy) is 2. The lowest BCUT2D eigenvalue weighted by atomic mass is 10.1. The van der Waals surface area contributed by atoms with Gasteiger partial charge < -0.3 is 14.8 Å². The molecule has 3 heteroatoms. The summed E-state index contributed by atoms with van der Waals surface area (Å²) in [6.07, 6.45) is 2.39. The third-order valence-electron chi connectivity index (χ3n) is 3.24. The van der Waals surface area contributed by atoms with Crippen LogP contribution in [0.15, 0.2) is 18.2 Å². The normalized spacial score (nSPS) is 12.5. The average molecular weight is 293 g/mol. The molecule has 1 aromatic rings. The highest BCUT2D eigenvalue weighted by atomic mass is 16.5. The number of para-hydroxylation sites is 1. The highest BCUT2D eigenvalue weighted by Crippen LogP contribution is 2.32. The molecule has 1 rings (SSSR count). The van der Waals surface area contributed by atoms with E-state index in [9.17, 15) is 0 Å². The predicted octanol–water partition coefficient (Wildman–Crippen LogP) is 4.40. The van der Waals surface area contributed by atoms with E-state index in [2.05, 4.69) is 39.1 Å². The second-order valence-electron chi connectivity index (χ2n) is 5.92. The van der Waals surface area contributed by atoms with E-state index >= 15 is 0 Å². The van der Waals surface area contributed by atoms with Gasteiger partial charge in [0.2, 0.25) is 0 Å². The second kappa shape index (κ2) is 9.67. The molecule has 0 fully saturated rings. The van der Waals surface area contributed by atoms with Crippen molar-refractivity contribution in [1.82, 2.24) is 5.32 Å². The maximum absolute atomic E-state index is 6.16. The summed E-state index contributed by atoms with van der Waals surface area (Å²) in [6.45, 7) is 13.2. The number of benzene rings is 1. The molecule has 0 saturated carbocycles. The summed E-state index contributed by atoms with van der Waals surface area (Å²) in [6, 6.07) is 6.14. The van der Waals surface area contributed by atoms with Crippen LogP contribution in [0.2, 0.25) is 0 Å². The van der Waals surface area contributed by atoms with E-state index in [0.717, 1.165) is 37.4 Å². The molecule has 21 heavy (non-hydrogen) atoms. The van der Waals surface area contributed by atoms with Gasteiger partial charge in [-0.2, -0.15) is 0 Å². The minimum atomic E-state index is 0.209. The van der Waals surface area contributed by atoms with E-state index in [-0.39, 0.29) is 6.10 Å². The van der Waals surface area contributed by atoms with Crippen LogP contribution in [-0.4, -0.2) is 19.3 Å². The van der Waals surface area contributed by atoms with Crippen LogP contribution < -0.4 is 14.8 Å². The van der Waals surface area contributed by atoms with Crippen LogP contribution in [-0.2, 0) is 6.54 Å². The first-order valence-electron chi connectivity index (χ1n) is 8.20. The molecule has 0 aromatic heterocycles. The Morgan fingerprint density at radius 1 is 1.14 bits per heavy atom. The van der Waals surface area contributed by atoms with Gasteiger partial charge in [-0.1, -0.05) is 39.3 Å². The first-order chi connectivity index (χ1) is 10.1. The zero-order valence-corrected chi connectivity index (χ0v) is 14.2. The Morgan fingerprint density at radius 2 is 1.90 bits per heavy atom. The lowest BCUT2D eigenvalue weighted by molar-refractivity contribution is 0.194. The monoisotopic (exact) mass is 293 g/mol. The zero-order valence-electron chi connectivity index (χ0n) is 14.2. The van der Waals surface area contributed by atoms with Crippen molar-refractivity contribution in [2.75, 3.05) is 13.2 Å². The molecule has 0 aliphatic rings. The van der Waals surface area contributed by atoms with Crippen molar-refractivity contribution in [3.8, 4) is 11.5 Å². The van der Waals surface area contributed by atoms with Crippen LogP contribution >= 0.6 is 0 Å². The SMILES string of the molecule is CCCC(C)Oc1c(CNCC(C)C)cccc1OCC. The predicted molar refractivity (Wildman–Crippen MR) is 89.2 cm³/mol. The first-order valence-corrected chi connectivity index (χ1v) is 8.20. The highest BCUT2D eigenvalue weighted by molar-refractivity contribution is 5.46. The third-order valence-corrected chi connectivity index (χ3v) is 3.24. The molecule has 0 amide bonds. The van der Waals surface area contributed by atoms with Gasteiger partial charge in [0.15, 0.2) is 11.5 Å². The molecule has 0 aliphatic carbocycles. The fourth-order valence-electron chi connectivity index (χ4n) is 2.27. The molecule has 1 unspecified atom stereocenters. The number of nitrogens with one attached hydrogen (secondary N) is 1. The molecule has 0 heterocycles. The standard InChI is InChI=1S/C18H31NO2/c1-6-9-15(5)21-18-16(13-19-12-14(3)4)10-8-11-17(18)20-7-2/h8,10-11,14-15,19H,6-7,9,12-13H2,1-5H3. The van der Waals surface area contributed by atoms with E-state index in [1.54, 1.807) is 0 Å². The topological polar surface area (TPSA) is 30.5 Å². The van der Waals surface area contributed by atoms with Crippen LogP contribution in [0.25, 0.3) is 0 Å². The summed E-state index contributed by atoms with van der Waals surface area (Å²) in [5.74, 6) is 2.39. The van der Waals surface area contributed by atoms with Crippen LogP contribution in [0.5, 0.6) is 11.5 Å². The zero-order chi connectivity index (χ0) is 15.7. The summed E-state index contributed by atoms with van der Waals surface area (Å²) < 4.78 is 11.9. The molecule has 1 aromatic carbocycles. The molecule has 0 bridgehead atoms. The molecule has 0 spiro atoms. The Bertz CT molecular complexity index is 404. The van der Waals surface area contributed by atoms with Crippen molar-refractivity contribution in [2.45, 2.75) is 60.1 Å². The van der Waals surface area contributed by atoms with Crippen molar-refractivity contribution in [2.24, 2.45) is 5.92 Å². The lowest BCUT2D eigenvalue weighted by Crippen LogP contribution is -2.20. The first kappa shape index (κ1) is 17.8. The van der Waals surface area contributed by atoms with E-state index < -0.39 is 0 Å². The Labute approximate surface area is 130 Å². The smallest absolute Gasteiger partial charge is 0.166 e. The van der Waals surface area contributed by atoms with E-state index in [1.807, 2.05) is 19.1 Å². The molecule has 1 atom stereocenters. The summed E-state index contributed by atoms with van der Waals surface area (Å²) in [5, 5.41) is 3.48. The van der Waals surface area contributed by atoms with Crippen molar-refractivity contribution < 1.29 is 9.47 Å². The number of hydrogen-bond donors (Lipinski definition) is 1. The number of hydrogen-bond acceptors (Lipinski definition) is 3.